The van der Waals surface area contributed by atoms with Crippen molar-refractivity contribution in [2.45, 2.75) is 44.1 Å². The molecule has 1 amide bonds. The van der Waals surface area contributed by atoms with Crippen molar-refractivity contribution in [2.75, 3.05) is 0 Å². The molecule has 2 bridgehead atoms. The standard InChI is InChI=1S/C21H19F3N2O2/c22-21(23,24)16-6-9-19(25-12-16)15-10-17-7-8-18(11-15)26(17)20(27)28-13-14-4-2-1-3-5-14/h1-6,9-10,12,17-18H,7-8,11,13H2. The summed E-state index contributed by atoms with van der Waals surface area (Å²) in [5.74, 6) is 0. The number of halogens is 3. The molecule has 2 aromatic rings. The van der Waals surface area contributed by atoms with Crippen LogP contribution in [0.25, 0.3) is 5.57 Å². The summed E-state index contributed by atoms with van der Waals surface area (Å²) < 4.78 is 43.6. The van der Waals surface area contributed by atoms with Gasteiger partial charge in [0.15, 0.2) is 0 Å². The van der Waals surface area contributed by atoms with Crippen molar-refractivity contribution < 1.29 is 22.7 Å². The Balaban J connectivity index is 1.45. The molecular formula is C21H19F3N2O2. The van der Waals surface area contributed by atoms with Crippen molar-refractivity contribution in [3.63, 3.8) is 0 Å². The van der Waals surface area contributed by atoms with E-state index in [4.69, 9.17) is 4.74 Å². The van der Waals surface area contributed by atoms with Gasteiger partial charge in [-0.05, 0) is 42.5 Å². The van der Waals surface area contributed by atoms with Crippen LogP contribution in [0.3, 0.4) is 0 Å². The van der Waals surface area contributed by atoms with Gasteiger partial charge in [-0.25, -0.2) is 4.79 Å². The Kier molecular flexibility index (Phi) is 4.83. The average molecular weight is 388 g/mol. The SMILES string of the molecule is O=C(OCc1ccccc1)N1C2C=C(c3ccc(C(F)(F)F)cn3)CC1CC2. The van der Waals surface area contributed by atoms with Gasteiger partial charge in [0.05, 0.1) is 17.3 Å². The number of ether oxygens (including phenoxy) is 1. The molecule has 0 radical (unpaired) electrons. The molecule has 0 aliphatic carbocycles. The Hall–Kier alpha value is -2.83. The highest BCUT2D eigenvalue weighted by Gasteiger charge is 2.41. The van der Waals surface area contributed by atoms with E-state index in [1.165, 1.54) is 6.07 Å². The number of alkyl halides is 3. The zero-order chi connectivity index (χ0) is 19.7. The lowest BCUT2D eigenvalue weighted by Crippen LogP contribution is -2.43. The van der Waals surface area contributed by atoms with Gasteiger partial charge >= 0.3 is 12.3 Å². The van der Waals surface area contributed by atoms with Crippen molar-refractivity contribution in [2.24, 2.45) is 0 Å². The van der Waals surface area contributed by atoms with Crippen molar-refractivity contribution >= 4 is 11.7 Å². The Labute approximate surface area is 160 Å². The molecule has 7 heteroatoms. The van der Waals surface area contributed by atoms with Gasteiger partial charge in [-0.3, -0.25) is 9.88 Å². The van der Waals surface area contributed by atoms with Gasteiger partial charge in [0.1, 0.15) is 6.61 Å². The number of carbonyl (C=O) groups is 1. The Morgan fingerprint density at radius 2 is 1.93 bits per heavy atom. The van der Waals surface area contributed by atoms with Crippen LogP contribution in [0, 0.1) is 0 Å². The fraction of sp³-hybridized carbons (Fsp3) is 0.333. The van der Waals surface area contributed by atoms with E-state index in [2.05, 4.69) is 4.98 Å². The van der Waals surface area contributed by atoms with Crippen molar-refractivity contribution in [1.82, 2.24) is 9.88 Å². The Bertz CT molecular complexity index is 879. The molecule has 2 aliphatic heterocycles. The first kappa shape index (κ1) is 18.5. The molecule has 4 rings (SSSR count). The predicted octanol–water partition coefficient (Wildman–Crippen LogP) is 5.06. The monoisotopic (exact) mass is 388 g/mol. The third kappa shape index (κ3) is 3.74. The van der Waals surface area contributed by atoms with Gasteiger partial charge in [-0.15, -0.1) is 0 Å². The first-order chi connectivity index (χ1) is 13.4. The third-order valence-corrected chi connectivity index (χ3v) is 5.23. The van der Waals surface area contributed by atoms with E-state index < -0.39 is 11.7 Å². The summed E-state index contributed by atoms with van der Waals surface area (Å²) in [4.78, 5) is 18.3. The number of amides is 1. The van der Waals surface area contributed by atoms with Gasteiger partial charge in [0.25, 0.3) is 0 Å². The molecule has 1 aromatic heterocycles. The van der Waals surface area contributed by atoms with Gasteiger partial charge in [-0.2, -0.15) is 13.2 Å². The van der Waals surface area contributed by atoms with Crippen LogP contribution in [0.15, 0.2) is 54.7 Å². The van der Waals surface area contributed by atoms with Gasteiger partial charge in [0.2, 0.25) is 0 Å². The highest BCUT2D eigenvalue weighted by molar-refractivity contribution is 5.74. The van der Waals surface area contributed by atoms with Crippen LogP contribution >= 0.6 is 0 Å². The zero-order valence-corrected chi connectivity index (χ0v) is 15.0. The Morgan fingerprint density at radius 1 is 1.14 bits per heavy atom. The fourth-order valence-corrected chi connectivity index (χ4v) is 3.85. The number of nitrogens with zero attached hydrogens (tertiary/aromatic N) is 2. The molecule has 1 aromatic carbocycles. The number of hydrogen-bond donors (Lipinski definition) is 0. The maximum Gasteiger partial charge on any atom is 0.417 e. The predicted molar refractivity (Wildman–Crippen MR) is 97.1 cm³/mol. The van der Waals surface area contributed by atoms with Gasteiger partial charge < -0.3 is 4.74 Å². The largest absolute Gasteiger partial charge is 0.445 e. The summed E-state index contributed by atoms with van der Waals surface area (Å²) in [5.41, 5.74) is 1.57. The number of carbonyl (C=O) groups excluding carboxylic acids is 1. The molecule has 3 heterocycles. The normalized spacial score (nSPS) is 21.4. The summed E-state index contributed by atoms with van der Waals surface area (Å²) in [6.45, 7) is 0.215. The maximum atomic E-state index is 12.7. The number of hydrogen-bond acceptors (Lipinski definition) is 3. The van der Waals surface area contributed by atoms with E-state index >= 15 is 0 Å². The van der Waals surface area contributed by atoms with Gasteiger partial charge in [-0.1, -0.05) is 36.4 Å². The molecule has 28 heavy (non-hydrogen) atoms. The number of rotatable bonds is 3. The minimum Gasteiger partial charge on any atom is -0.445 e. The maximum absolute atomic E-state index is 12.7. The molecule has 4 nitrogen and oxygen atoms in total. The summed E-state index contributed by atoms with van der Waals surface area (Å²) in [6, 6.07) is 11.8. The van der Waals surface area contributed by atoms with Crippen LogP contribution in [-0.2, 0) is 17.5 Å². The second-order valence-corrected chi connectivity index (χ2v) is 7.07. The van der Waals surface area contributed by atoms with Gasteiger partial charge in [0, 0.05) is 12.2 Å². The number of aromatic nitrogens is 1. The first-order valence-electron chi connectivity index (χ1n) is 9.15. The molecule has 1 fully saturated rings. The van der Waals surface area contributed by atoms with Crippen LogP contribution < -0.4 is 0 Å². The van der Waals surface area contributed by atoms with Crippen LogP contribution in [0.2, 0.25) is 0 Å². The van der Waals surface area contributed by atoms with E-state index in [9.17, 15) is 18.0 Å². The molecule has 0 saturated carbocycles. The van der Waals surface area contributed by atoms with Crippen LogP contribution in [0.5, 0.6) is 0 Å². The van der Waals surface area contributed by atoms with E-state index in [0.717, 1.165) is 36.2 Å². The molecule has 0 N–H and O–H groups in total. The minimum atomic E-state index is -4.40. The zero-order valence-electron chi connectivity index (χ0n) is 15.0. The first-order valence-corrected chi connectivity index (χ1v) is 9.15. The molecule has 0 spiro atoms. The van der Waals surface area contributed by atoms with Crippen molar-refractivity contribution in [3.8, 4) is 0 Å². The number of pyridine rings is 1. The lowest BCUT2D eigenvalue weighted by molar-refractivity contribution is -0.137. The second kappa shape index (κ2) is 7.30. The molecular weight excluding hydrogens is 369 g/mol. The summed E-state index contributed by atoms with van der Waals surface area (Å²) >= 11 is 0. The molecule has 2 unspecified atom stereocenters. The lowest BCUT2D eigenvalue weighted by Gasteiger charge is -2.33. The fourth-order valence-electron chi connectivity index (χ4n) is 3.85. The lowest BCUT2D eigenvalue weighted by atomic mass is 9.98. The quantitative estimate of drug-likeness (QED) is 0.738. The average Bonchev–Trinajstić information content (AvgIpc) is 2.96. The second-order valence-electron chi connectivity index (χ2n) is 7.07. The van der Waals surface area contributed by atoms with E-state index in [0.29, 0.717) is 12.1 Å². The highest BCUT2D eigenvalue weighted by atomic mass is 19.4. The molecule has 2 atom stereocenters. The van der Waals surface area contributed by atoms with E-state index in [-0.39, 0.29) is 24.8 Å². The molecule has 2 aliphatic rings. The van der Waals surface area contributed by atoms with Crippen LogP contribution in [0.4, 0.5) is 18.0 Å². The summed E-state index contributed by atoms with van der Waals surface area (Å²) in [5, 5.41) is 0. The van der Waals surface area contributed by atoms with Crippen LogP contribution in [-0.4, -0.2) is 28.1 Å². The topological polar surface area (TPSA) is 42.4 Å². The molecule has 146 valence electrons. The van der Waals surface area contributed by atoms with E-state index in [1.807, 2.05) is 36.4 Å². The summed E-state index contributed by atoms with van der Waals surface area (Å²) in [6.07, 6.45) is 0.259. The number of benzene rings is 1. The molecule has 1 saturated heterocycles. The smallest absolute Gasteiger partial charge is 0.417 e. The highest BCUT2D eigenvalue weighted by Crippen LogP contribution is 2.39. The van der Waals surface area contributed by atoms with E-state index in [1.54, 1.807) is 4.90 Å². The van der Waals surface area contributed by atoms with Crippen LogP contribution in [0.1, 0.15) is 36.1 Å². The minimum absolute atomic E-state index is 0.0163. The summed E-state index contributed by atoms with van der Waals surface area (Å²) in [7, 11) is 0. The Morgan fingerprint density at radius 3 is 2.57 bits per heavy atom. The third-order valence-electron chi connectivity index (χ3n) is 5.23. The van der Waals surface area contributed by atoms with Crippen molar-refractivity contribution in [3.05, 3.63) is 71.6 Å². The van der Waals surface area contributed by atoms with Crippen molar-refractivity contribution in [1.29, 1.82) is 0 Å². The number of fused-ring (bicyclic) bond motifs is 2.